The first-order valence-corrected chi connectivity index (χ1v) is 7.05. The molecule has 0 heterocycles. The molecule has 0 fully saturated rings. The third kappa shape index (κ3) is 4.80. The monoisotopic (exact) mass is 248 g/mol. The molecule has 1 aromatic rings. The highest BCUT2D eigenvalue weighted by molar-refractivity contribution is 7.99. The van der Waals surface area contributed by atoms with Crippen LogP contribution in [-0.2, 0) is 6.54 Å². The molecular weight excluding hydrogens is 228 g/mol. The van der Waals surface area contributed by atoms with Crippen LogP contribution in [0.4, 0.5) is 0 Å². The molecule has 0 atom stereocenters. The van der Waals surface area contributed by atoms with E-state index in [2.05, 4.69) is 44.3 Å². The molecule has 0 unspecified atom stereocenters. The lowest BCUT2D eigenvalue weighted by Gasteiger charge is -2.10. The van der Waals surface area contributed by atoms with E-state index in [1.807, 2.05) is 6.07 Å². The van der Waals surface area contributed by atoms with E-state index in [-0.39, 0.29) is 0 Å². The molecule has 0 aliphatic heterocycles. The maximum Gasteiger partial charge on any atom is 0.100 e. The third-order valence-corrected chi connectivity index (χ3v) is 3.62. The molecule has 0 aromatic heterocycles. The van der Waals surface area contributed by atoms with Crippen molar-refractivity contribution in [2.45, 2.75) is 44.7 Å². The summed E-state index contributed by atoms with van der Waals surface area (Å²) in [7, 11) is 0. The van der Waals surface area contributed by atoms with Gasteiger partial charge in [0.05, 0.1) is 5.56 Å². The molecule has 1 N–H and O–H groups in total. The van der Waals surface area contributed by atoms with Crippen LogP contribution < -0.4 is 5.32 Å². The Morgan fingerprint density at radius 1 is 1.41 bits per heavy atom. The van der Waals surface area contributed by atoms with Crippen molar-refractivity contribution in [2.75, 3.05) is 5.75 Å². The summed E-state index contributed by atoms with van der Waals surface area (Å²) in [6.45, 7) is 7.22. The average molecular weight is 248 g/mol. The Morgan fingerprint density at radius 3 is 2.76 bits per heavy atom. The zero-order valence-corrected chi connectivity index (χ0v) is 11.6. The van der Waals surface area contributed by atoms with Crippen LogP contribution in [0.3, 0.4) is 0 Å². The van der Waals surface area contributed by atoms with Gasteiger partial charge in [-0.2, -0.15) is 5.26 Å². The summed E-state index contributed by atoms with van der Waals surface area (Å²) < 4.78 is 0. The minimum atomic E-state index is 0.467. The SMILES string of the molecule is CCCSc1ccc(CNC(C)C)cc1C#N. The number of hydrogen-bond acceptors (Lipinski definition) is 3. The molecule has 0 saturated carbocycles. The zero-order chi connectivity index (χ0) is 12.7. The van der Waals surface area contributed by atoms with Gasteiger partial charge in [-0.1, -0.05) is 26.8 Å². The van der Waals surface area contributed by atoms with Crippen molar-refractivity contribution in [1.82, 2.24) is 5.32 Å². The number of thioether (sulfide) groups is 1. The fourth-order valence-corrected chi connectivity index (χ4v) is 2.28. The Hall–Kier alpha value is -0.980. The minimum absolute atomic E-state index is 0.467. The highest BCUT2D eigenvalue weighted by Gasteiger charge is 2.04. The summed E-state index contributed by atoms with van der Waals surface area (Å²) in [5.41, 5.74) is 1.97. The molecule has 0 aliphatic carbocycles. The Bertz CT molecular complexity index is 394. The van der Waals surface area contributed by atoms with Crippen LogP contribution in [0.25, 0.3) is 0 Å². The molecule has 17 heavy (non-hydrogen) atoms. The van der Waals surface area contributed by atoms with E-state index < -0.39 is 0 Å². The van der Waals surface area contributed by atoms with Gasteiger partial charge in [-0.3, -0.25) is 0 Å². The van der Waals surface area contributed by atoms with Crippen molar-refractivity contribution in [3.8, 4) is 6.07 Å². The van der Waals surface area contributed by atoms with Crippen LogP contribution in [0.15, 0.2) is 23.1 Å². The smallest absolute Gasteiger partial charge is 0.100 e. The van der Waals surface area contributed by atoms with E-state index in [4.69, 9.17) is 5.26 Å². The van der Waals surface area contributed by atoms with Gasteiger partial charge in [0, 0.05) is 17.5 Å². The molecule has 0 radical (unpaired) electrons. The molecule has 1 rings (SSSR count). The molecule has 0 aliphatic rings. The van der Waals surface area contributed by atoms with Crippen LogP contribution in [-0.4, -0.2) is 11.8 Å². The van der Waals surface area contributed by atoms with Crippen LogP contribution in [0.2, 0.25) is 0 Å². The van der Waals surface area contributed by atoms with E-state index in [0.29, 0.717) is 6.04 Å². The summed E-state index contributed by atoms with van der Waals surface area (Å²) in [6, 6.07) is 8.92. The second-order valence-electron chi connectivity index (χ2n) is 4.33. The van der Waals surface area contributed by atoms with E-state index in [0.717, 1.165) is 29.2 Å². The number of benzene rings is 1. The summed E-state index contributed by atoms with van der Waals surface area (Å²) in [4.78, 5) is 1.10. The highest BCUT2D eigenvalue weighted by Crippen LogP contribution is 2.24. The van der Waals surface area contributed by atoms with Crippen molar-refractivity contribution in [2.24, 2.45) is 0 Å². The maximum absolute atomic E-state index is 9.14. The van der Waals surface area contributed by atoms with Gasteiger partial charge in [0.2, 0.25) is 0 Å². The molecule has 92 valence electrons. The lowest BCUT2D eigenvalue weighted by atomic mass is 10.1. The van der Waals surface area contributed by atoms with Crippen molar-refractivity contribution in [1.29, 1.82) is 5.26 Å². The largest absolute Gasteiger partial charge is 0.310 e. The van der Waals surface area contributed by atoms with Crippen LogP contribution in [0, 0.1) is 11.3 Å². The van der Waals surface area contributed by atoms with Gasteiger partial charge in [-0.05, 0) is 29.9 Å². The van der Waals surface area contributed by atoms with E-state index in [1.54, 1.807) is 11.8 Å². The molecule has 1 aromatic carbocycles. The Morgan fingerprint density at radius 2 is 2.18 bits per heavy atom. The van der Waals surface area contributed by atoms with Crippen molar-refractivity contribution >= 4 is 11.8 Å². The molecular formula is C14H20N2S. The maximum atomic E-state index is 9.14. The van der Waals surface area contributed by atoms with Gasteiger partial charge in [-0.25, -0.2) is 0 Å². The van der Waals surface area contributed by atoms with Crippen molar-refractivity contribution in [3.63, 3.8) is 0 Å². The number of rotatable bonds is 6. The number of nitriles is 1. The van der Waals surface area contributed by atoms with Crippen molar-refractivity contribution < 1.29 is 0 Å². The molecule has 0 spiro atoms. The van der Waals surface area contributed by atoms with Gasteiger partial charge in [0.15, 0.2) is 0 Å². The fourth-order valence-electron chi connectivity index (χ4n) is 1.43. The van der Waals surface area contributed by atoms with Crippen molar-refractivity contribution in [3.05, 3.63) is 29.3 Å². The molecule has 0 saturated heterocycles. The molecule has 0 amide bonds. The summed E-state index contributed by atoms with van der Waals surface area (Å²) in [5.74, 6) is 1.07. The van der Waals surface area contributed by atoms with Crippen LogP contribution >= 0.6 is 11.8 Å². The Labute approximate surface area is 108 Å². The number of hydrogen-bond donors (Lipinski definition) is 1. The molecule has 0 bridgehead atoms. The standard InChI is InChI=1S/C14H20N2S/c1-4-7-17-14-6-5-12(8-13(14)9-15)10-16-11(2)3/h5-6,8,11,16H,4,7,10H2,1-3H3. The van der Waals surface area contributed by atoms with Gasteiger partial charge in [-0.15, -0.1) is 11.8 Å². The highest BCUT2D eigenvalue weighted by atomic mass is 32.2. The average Bonchev–Trinajstić information content (AvgIpc) is 2.34. The lowest BCUT2D eigenvalue weighted by molar-refractivity contribution is 0.588. The summed E-state index contributed by atoms with van der Waals surface area (Å²) in [6.07, 6.45) is 1.13. The number of nitrogens with one attached hydrogen (secondary N) is 1. The zero-order valence-electron chi connectivity index (χ0n) is 10.8. The Balaban J connectivity index is 2.74. The Kier molecular flexibility index (Phi) is 6.10. The predicted molar refractivity (Wildman–Crippen MR) is 74.1 cm³/mol. The normalized spacial score (nSPS) is 10.5. The quantitative estimate of drug-likeness (QED) is 0.782. The second-order valence-corrected chi connectivity index (χ2v) is 5.46. The molecule has 2 nitrogen and oxygen atoms in total. The lowest BCUT2D eigenvalue weighted by Crippen LogP contribution is -2.21. The van der Waals surface area contributed by atoms with Gasteiger partial charge in [0.25, 0.3) is 0 Å². The second kappa shape index (κ2) is 7.37. The van der Waals surface area contributed by atoms with Gasteiger partial charge >= 0.3 is 0 Å². The minimum Gasteiger partial charge on any atom is -0.310 e. The van der Waals surface area contributed by atoms with Crippen LogP contribution in [0.1, 0.15) is 38.3 Å². The van der Waals surface area contributed by atoms with Gasteiger partial charge < -0.3 is 5.32 Å². The van der Waals surface area contributed by atoms with E-state index >= 15 is 0 Å². The summed E-state index contributed by atoms with van der Waals surface area (Å²) in [5, 5.41) is 12.5. The predicted octanol–water partition coefficient (Wildman–Crippen LogP) is 3.56. The fraction of sp³-hybridized carbons (Fsp3) is 0.500. The first-order chi connectivity index (χ1) is 8.17. The van der Waals surface area contributed by atoms with Gasteiger partial charge in [0.1, 0.15) is 6.07 Å². The molecule has 3 heteroatoms. The van der Waals surface area contributed by atoms with E-state index in [9.17, 15) is 0 Å². The first kappa shape index (κ1) is 14.1. The first-order valence-electron chi connectivity index (χ1n) is 6.06. The van der Waals surface area contributed by atoms with E-state index in [1.165, 1.54) is 5.56 Å². The number of nitrogens with zero attached hydrogens (tertiary/aromatic N) is 1. The third-order valence-electron chi connectivity index (χ3n) is 2.34. The summed E-state index contributed by atoms with van der Waals surface area (Å²) >= 11 is 1.76. The topological polar surface area (TPSA) is 35.8 Å². The van der Waals surface area contributed by atoms with Crippen LogP contribution in [0.5, 0.6) is 0 Å².